The number of amides is 1. The maximum Gasteiger partial charge on any atom is 0.328 e. The molecule has 5 nitrogen and oxygen atoms in total. The molecule has 0 aliphatic rings. The van der Waals surface area contributed by atoms with Gasteiger partial charge in [-0.15, -0.1) is 0 Å². The molecule has 1 aromatic carbocycles. The van der Waals surface area contributed by atoms with Crippen molar-refractivity contribution < 1.29 is 18.7 Å². The molecule has 130 valence electrons. The fourth-order valence-electron chi connectivity index (χ4n) is 2.67. The number of hydrogen-bond acceptors (Lipinski definition) is 4. The second-order valence-electron chi connectivity index (χ2n) is 6.32. The van der Waals surface area contributed by atoms with Crippen molar-refractivity contribution in [3.8, 4) is 0 Å². The molecule has 1 heterocycles. The molecule has 1 N–H and O–H groups in total. The van der Waals surface area contributed by atoms with Crippen molar-refractivity contribution in [1.29, 1.82) is 0 Å². The summed E-state index contributed by atoms with van der Waals surface area (Å²) < 4.78 is 10.4. The van der Waals surface area contributed by atoms with Crippen LogP contribution < -0.4 is 5.32 Å². The molecular weight excluding hydrogens is 306 g/mol. The number of carbonyl (C=O) groups excluding carboxylic acids is 2. The predicted molar refractivity (Wildman–Crippen MR) is 92.8 cm³/mol. The minimum Gasteiger partial charge on any atom is -0.467 e. The third kappa shape index (κ3) is 3.78. The summed E-state index contributed by atoms with van der Waals surface area (Å²) in [6, 6.07) is 3.38. The molecule has 0 spiro atoms. The summed E-state index contributed by atoms with van der Waals surface area (Å²) in [4.78, 5) is 24.3. The van der Waals surface area contributed by atoms with Gasteiger partial charge in [-0.25, -0.2) is 4.79 Å². The Bertz CT molecular complexity index is 747. The van der Waals surface area contributed by atoms with Gasteiger partial charge >= 0.3 is 5.97 Å². The maximum absolute atomic E-state index is 12.4. The summed E-state index contributed by atoms with van der Waals surface area (Å²) in [5.41, 5.74) is 3.89. The van der Waals surface area contributed by atoms with Crippen LogP contribution in [0.5, 0.6) is 0 Å². The molecule has 0 fully saturated rings. The van der Waals surface area contributed by atoms with E-state index < -0.39 is 12.0 Å². The summed E-state index contributed by atoms with van der Waals surface area (Å²) in [7, 11) is 1.33. The highest BCUT2D eigenvalue weighted by atomic mass is 16.5. The van der Waals surface area contributed by atoms with Crippen LogP contribution in [0.2, 0.25) is 0 Å². The third-order valence-corrected chi connectivity index (χ3v) is 4.61. The molecule has 0 saturated heterocycles. The normalized spacial score (nSPS) is 13.5. The number of methoxy groups -OCH3 is 1. The van der Waals surface area contributed by atoms with E-state index in [2.05, 4.69) is 5.32 Å². The highest BCUT2D eigenvalue weighted by molar-refractivity contribution is 5.90. The summed E-state index contributed by atoms with van der Waals surface area (Å²) in [6.07, 6.45) is 2.55. The van der Waals surface area contributed by atoms with Crippen molar-refractivity contribution in [2.24, 2.45) is 5.92 Å². The Morgan fingerprint density at radius 1 is 1.25 bits per heavy atom. The first-order chi connectivity index (χ1) is 11.4. The predicted octanol–water partition coefficient (Wildman–Crippen LogP) is 3.30. The first-order valence-electron chi connectivity index (χ1n) is 8.21. The number of benzene rings is 1. The third-order valence-electron chi connectivity index (χ3n) is 4.61. The zero-order chi connectivity index (χ0) is 17.9. The summed E-state index contributed by atoms with van der Waals surface area (Å²) >= 11 is 0. The van der Waals surface area contributed by atoms with Crippen LogP contribution in [0, 0.1) is 19.8 Å². The van der Waals surface area contributed by atoms with Gasteiger partial charge in [0, 0.05) is 10.9 Å². The van der Waals surface area contributed by atoms with Crippen molar-refractivity contribution >= 4 is 22.8 Å². The number of nitrogens with one attached hydrogen (secondary N) is 1. The topological polar surface area (TPSA) is 68.5 Å². The quantitative estimate of drug-likeness (QED) is 0.825. The van der Waals surface area contributed by atoms with Crippen LogP contribution >= 0.6 is 0 Å². The van der Waals surface area contributed by atoms with E-state index in [1.165, 1.54) is 7.11 Å². The second kappa shape index (κ2) is 7.51. The van der Waals surface area contributed by atoms with Crippen LogP contribution in [0.1, 0.15) is 37.0 Å². The highest BCUT2D eigenvalue weighted by Gasteiger charge is 2.27. The van der Waals surface area contributed by atoms with Crippen LogP contribution in [0.15, 0.2) is 22.8 Å². The van der Waals surface area contributed by atoms with Crippen molar-refractivity contribution in [3.05, 3.63) is 35.1 Å². The molecule has 0 saturated carbocycles. The van der Waals surface area contributed by atoms with Gasteiger partial charge in [0.15, 0.2) is 0 Å². The van der Waals surface area contributed by atoms with E-state index in [1.54, 1.807) is 6.26 Å². The Labute approximate surface area is 142 Å². The van der Waals surface area contributed by atoms with Crippen LogP contribution in [0.3, 0.4) is 0 Å². The summed E-state index contributed by atoms with van der Waals surface area (Å²) in [5.74, 6) is -0.625. The van der Waals surface area contributed by atoms with Crippen molar-refractivity contribution in [2.45, 2.75) is 46.6 Å². The van der Waals surface area contributed by atoms with Gasteiger partial charge in [0.25, 0.3) is 0 Å². The van der Waals surface area contributed by atoms with Gasteiger partial charge in [-0.05, 0) is 43.0 Å². The number of hydrogen-bond donors (Lipinski definition) is 1. The number of rotatable bonds is 6. The molecule has 2 aromatic rings. The number of fused-ring (bicyclic) bond motifs is 1. The smallest absolute Gasteiger partial charge is 0.328 e. The lowest BCUT2D eigenvalue weighted by Gasteiger charge is -2.21. The standard InChI is InChI=1S/C19H25NO4/c1-6-11(2)18(19(22)23-5)20-17(21)9-14-10-24-16-8-13(4)12(3)7-15(14)16/h7-8,10-11,18H,6,9H2,1-5H3,(H,20,21). The maximum atomic E-state index is 12.4. The monoisotopic (exact) mass is 331 g/mol. The fourth-order valence-corrected chi connectivity index (χ4v) is 2.67. The lowest BCUT2D eigenvalue weighted by Crippen LogP contribution is -2.46. The Morgan fingerprint density at radius 2 is 1.92 bits per heavy atom. The van der Waals surface area contributed by atoms with Gasteiger partial charge in [0.1, 0.15) is 11.6 Å². The molecule has 2 rings (SSSR count). The summed E-state index contributed by atoms with van der Waals surface area (Å²) in [5, 5.41) is 3.73. The molecule has 0 radical (unpaired) electrons. The van der Waals surface area contributed by atoms with E-state index in [0.29, 0.717) is 0 Å². The van der Waals surface area contributed by atoms with Gasteiger partial charge in [-0.1, -0.05) is 20.3 Å². The SMILES string of the molecule is CCC(C)C(NC(=O)Cc1coc2cc(C)c(C)cc12)C(=O)OC. The molecule has 0 bridgehead atoms. The lowest BCUT2D eigenvalue weighted by atomic mass is 9.98. The summed E-state index contributed by atoms with van der Waals surface area (Å²) in [6.45, 7) is 7.95. The number of ether oxygens (including phenoxy) is 1. The van der Waals surface area contributed by atoms with Gasteiger partial charge in [0.2, 0.25) is 5.91 Å². The van der Waals surface area contributed by atoms with E-state index in [0.717, 1.165) is 34.1 Å². The Balaban J connectivity index is 2.17. The van der Waals surface area contributed by atoms with Crippen molar-refractivity contribution in [3.63, 3.8) is 0 Å². The first kappa shape index (κ1) is 18.0. The van der Waals surface area contributed by atoms with Crippen LogP contribution in [0.25, 0.3) is 11.0 Å². The highest BCUT2D eigenvalue weighted by Crippen LogP contribution is 2.25. The molecule has 2 unspecified atom stereocenters. The first-order valence-corrected chi connectivity index (χ1v) is 8.21. The van der Waals surface area contributed by atoms with Gasteiger partial charge < -0.3 is 14.5 Å². The zero-order valence-corrected chi connectivity index (χ0v) is 14.9. The molecular formula is C19H25NO4. The molecule has 1 aromatic heterocycles. The molecule has 1 amide bonds. The van der Waals surface area contributed by atoms with E-state index in [9.17, 15) is 9.59 Å². The van der Waals surface area contributed by atoms with Crippen LogP contribution in [-0.4, -0.2) is 25.0 Å². The Hall–Kier alpha value is -2.30. The molecule has 0 aliphatic heterocycles. The van der Waals surface area contributed by atoms with E-state index in [-0.39, 0.29) is 18.2 Å². The van der Waals surface area contributed by atoms with E-state index in [4.69, 9.17) is 9.15 Å². The number of esters is 1. The van der Waals surface area contributed by atoms with Gasteiger partial charge in [-0.2, -0.15) is 0 Å². The molecule has 2 atom stereocenters. The minimum absolute atomic E-state index is 0.00684. The largest absolute Gasteiger partial charge is 0.467 e. The fraction of sp³-hybridized carbons (Fsp3) is 0.474. The van der Waals surface area contributed by atoms with Gasteiger partial charge in [-0.3, -0.25) is 4.79 Å². The minimum atomic E-state index is -0.630. The Morgan fingerprint density at radius 3 is 2.54 bits per heavy atom. The van der Waals surface area contributed by atoms with E-state index in [1.807, 2.05) is 39.8 Å². The molecule has 0 aliphatic carbocycles. The zero-order valence-electron chi connectivity index (χ0n) is 14.9. The lowest BCUT2D eigenvalue weighted by molar-refractivity contribution is -0.146. The Kier molecular flexibility index (Phi) is 5.65. The van der Waals surface area contributed by atoms with Gasteiger partial charge in [0.05, 0.1) is 19.8 Å². The second-order valence-corrected chi connectivity index (χ2v) is 6.32. The number of aryl methyl sites for hydroxylation is 2. The van der Waals surface area contributed by atoms with Crippen molar-refractivity contribution in [2.75, 3.05) is 7.11 Å². The molecule has 24 heavy (non-hydrogen) atoms. The van der Waals surface area contributed by atoms with Crippen LogP contribution in [0.4, 0.5) is 0 Å². The molecule has 5 heteroatoms. The average molecular weight is 331 g/mol. The number of carbonyl (C=O) groups is 2. The average Bonchev–Trinajstić information content (AvgIpc) is 2.93. The number of furan rings is 1. The van der Waals surface area contributed by atoms with E-state index >= 15 is 0 Å². The van der Waals surface area contributed by atoms with Crippen molar-refractivity contribution in [1.82, 2.24) is 5.32 Å². The van der Waals surface area contributed by atoms with Crippen LogP contribution in [-0.2, 0) is 20.7 Å².